The van der Waals surface area contributed by atoms with Gasteiger partial charge >= 0.3 is 0 Å². The summed E-state index contributed by atoms with van der Waals surface area (Å²) in [6.07, 6.45) is 4.20. The van der Waals surface area contributed by atoms with Crippen molar-refractivity contribution in [1.29, 1.82) is 0 Å². The maximum atomic E-state index is 11.8. The van der Waals surface area contributed by atoms with Crippen molar-refractivity contribution in [3.8, 4) is 0 Å². The van der Waals surface area contributed by atoms with Crippen molar-refractivity contribution in [2.75, 3.05) is 30.3 Å². The smallest absolute Gasteiger partial charge is 0.227 e. The van der Waals surface area contributed by atoms with Crippen LogP contribution in [0.1, 0.15) is 45.1 Å². The van der Waals surface area contributed by atoms with Crippen LogP contribution < -0.4 is 15.5 Å². The first-order chi connectivity index (χ1) is 12.6. The van der Waals surface area contributed by atoms with E-state index in [1.807, 2.05) is 17.0 Å². The number of hydrogen-bond donors (Lipinski definition) is 2. The molecule has 0 spiro atoms. The van der Waals surface area contributed by atoms with E-state index in [1.165, 1.54) is 18.6 Å². The number of hydrogen-bond acceptors (Lipinski definition) is 3. The quantitative estimate of drug-likeness (QED) is 0.353. The fraction of sp³-hybridized carbons (Fsp3) is 0.600. The number of thioether (sulfide) groups is 1. The molecule has 0 aliphatic carbocycles. The van der Waals surface area contributed by atoms with Crippen molar-refractivity contribution in [3.05, 3.63) is 29.8 Å². The van der Waals surface area contributed by atoms with E-state index in [9.17, 15) is 4.79 Å². The lowest BCUT2D eigenvalue weighted by Crippen LogP contribution is -2.43. The molecular formula is C20H31IN4OS. The van der Waals surface area contributed by atoms with E-state index in [4.69, 9.17) is 4.99 Å². The Kier molecular flexibility index (Phi) is 8.72. The van der Waals surface area contributed by atoms with Crippen LogP contribution in [0, 0.1) is 0 Å². The van der Waals surface area contributed by atoms with Crippen LogP contribution in [0.4, 0.5) is 5.69 Å². The molecule has 27 heavy (non-hydrogen) atoms. The number of aliphatic imine (C=N–C) groups is 1. The first kappa shape index (κ1) is 22.3. The number of rotatable bonds is 6. The van der Waals surface area contributed by atoms with Crippen LogP contribution in [-0.4, -0.2) is 42.0 Å². The monoisotopic (exact) mass is 502 g/mol. The highest BCUT2D eigenvalue weighted by molar-refractivity contribution is 14.0. The number of guanidine groups is 1. The molecule has 1 aromatic rings. The summed E-state index contributed by atoms with van der Waals surface area (Å²) >= 11 is 2.06. The molecule has 0 bridgehead atoms. The number of carbonyl (C=O) groups is 1. The van der Waals surface area contributed by atoms with Gasteiger partial charge in [-0.05, 0) is 56.6 Å². The van der Waals surface area contributed by atoms with E-state index in [-0.39, 0.29) is 29.9 Å². The van der Waals surface area contributed by atoms with Gasteiger partial charge in [0, 0.05) is 36.5 Å². The number of halogens is 1. The van der Waals surface area contributed by atoms with Crippen molar-refractivity contribution in [2.24, 2.45) is 4.99 Å². The van der Waals surface area contributed by atoms with Crippen LogP contribution in [0.25, 0.3) is 0 Å². The Morgan fingerprint density at radius 1 is 1.26 bits per heavy atom. The van der Waals surface area contributed by atoms with Crippen LogP contribution in [0.5, 0.6) is 0 Å². The van der Waals surface area contributed by atoms with Crippen molar-refractivity contribution in [1.82, 2.24) is 10.6 Å². The number of benzene rings is 1. The zero-order valence-electron chi connectivity index (χ0n) is 16.3. The van der Waals surface area contributed by atoms with Gasteiger partial charge in [-0.3, -0.25) is 4.79 Å². The fourth-order valence-corrected chi connectivity index (χ4v) is 4.71. The highest BCUT2D eigenvalue weighted by atomic mass is 127. The van der Waals surface area contributed by atoms with E-state index in [0.29, 0.717) is 17.7 Å². The summed E-state index contributed by atoms with van der Waals surface area (Å²) in [6, 6.07) is 8.21. The first-order valence-corrected chi connectivity index (χ1v) is 10.6. The van der Waals surface area contributed by atoms with Gasteiger partial charge in [0.05, 0.1) is 6.54 Å². The summed E-state index contributed by atoms with van der Waals surface area (Å²) < 4.78 is 0.320. The minimum Gasteiger partial charge on any atom is -0.357 e. The van der Waals surface area contributed by atoms with Gasteiger partial charge in [0.15, 0.2) is 5.96 Å². The predicted molar refractivity (Wildman–Crippen MR) is 126 cm³/mol. The van der Waals surface area contributed by atoms with E-state index < -0.39 is 0 Å². The summed E-state index contributed by atoms with van der Waals surface area (Å²) in [5, 5.41) is 6.83. The predicted octanol–water partition coefficient (Wildman–Crippen LogP) is 3.77. The second-order valence-electron chi connectivity index (χ2n) is 7.27. The Hall–Kier alpha value is -0.960. The van der Waals surface area contributed by atoms with Gasteiger partial charge in [0.25, 0.3) is 0 Å². The third-order valence-electron chi connectivity index (χ3n) is 5.02. The second-order valence-corrected chi connectivity index (χ2v) is 8.95. The number of anilines is 1. The maximum Gasteiger partial charge on any atom is 0.227 e. The van der Waals surface area contributed by atoms with Crippen LogP contribution in [0.15, 0.2) is 29.3 Å². The van der Waals surface area contributed by atoms with Gasteiger partial charge in [0.2, 0.25) is 5.91 Å². The summed E-state index contributed by atoms with van der Waals surface area (Å²) in [4.78, 5) is 18.4. The molecule has 2 saturated heterocycles. The lowest BCUT2D eigenvalue weighted by molar-refractivity contribution is -0.117. The molecule has 3 rings (SSSR count). The molecule has 2 heterocycles. The molecule has 0 radical (unpaired) electrons. The number of nitrogens with one attached hydrogen (secondary N) is 2. The highest BCUT2D eigenvalue weighted by Gasteiger charge is 2.29. The molecule has 150 valence electrons. The van der Waals surface area contributed by atoms with Gasteiger partial charge in [-0.25, -0.2) is 4.99 Å². The highest BCUT2D eigenvalue weighted by Crippen LogP contribution is 2.36. The molecule has 0 saturated carbocycles. The Morgan fingerprint density at radius 3 is 2.63 bits per heavy atom. The van der Waals surface area contributed by atoms with Crippen molar-refractivity contribution in [2.45, 2.75) is 50.8 Å². The summed E-state index contributed by atoms with van der Waals surface area (Å²) in [5.74, 6) is 2.37. The lowest BCUT2D eigenvalue weighted by atomic mass is 10.1. The number of nitrogens with zero attached hydrogens (tertiary/aromatic N) is 2. The average Bonchev–Trinajstić information content (AvgIpc) is 3.27. The van der Waals surface area contributed by atoms with Crippen LogP contribution in [0.2, 0.25) is 0 Å². The summed E-state index contributed by atoms with van der Waals surface area (Å²) in [6.45, 7) is 7.69. The average molecular weight is 502 g/mol. The molecule has 1 amide bonds. The molecule has 1 aromatic carbocycles. The second kappa shape index (κ2) is 10.5. The molecule has 5 nitrogen and oxygen atoms in total. The topological polar surface area (TPSA) is 56.7 Å². The Labute approximate surface area is 184 Å². The van der Waals surface area contributed by atoms with Crippen molar-refractivity contribution >= 4 is 53.3 Å². The first-order valence-electron chi connectivity index (χ1n) is 9.65. The number of amides is 1. The van der Waals surface area contributed by atoms with E-state index in [1.54, 1.807) is 0 Å². The van der Waals surface area contributed by atoms with E-state index in [0.717, 1.165) is 43.3 Å². The molecule has 2 aliphatic heterocycles. The molecule has 2 N–H and O–H groups in total. The van der Waals surface area contributed by atoms with Gasteiger partial charge < -0.3 is 15.5 Å². The van der Waals surface area contributed by atoms with Crippen LogP contribution in [0.3, 0.4) is 0 Å². The maximum absolute atomic E-state index is 11.8. The van der Waals surface area contributed by atoms with Gasteiger partial charge in [0.1, 0.15) is 0 Å². The molecule has 0 aromatic heterocycles. The minimum absolute atomic E-state index is 0. The third kappa shape index (κ3) is 6.27. The Balaban J connectivity index is 0.00000261. The van der Waals surface area contributed by atoms with Crippen LogP contribution in [-0.2, 0) is 11.3 Å². The fourth-order valence-electron chi connectivity index (χ4n) is 3.46. The van der Waals surface area contributed by atoms with Gasteiger partial charge in [-0.1, -0.05) is 12.1 Å². The molecule has 7 heteroatoms. The number of carbonyl (C=O) groups excluding carboxylic acids is 1. The molecule has 2 fully saturated rings. The summed E-state index contributed by atoms with van der Waals surface area (Å²) in [5.41, 5.74) is 2.15. The third-order valence-corrected chi connectivity index (χ3v) is 6.55. The minimum atomic E-state index is 0. The van der Waals surface area contributed by atoms with Gasteiger partial charge in [-0.15, -0.1) is 24.0 Å². The molecule has 1 unspecified atom stereocenters. The summed E-state index contributed by atoms with van der Waals surface area (Å²) in [7, 11) is 0. The molecule has 1 atom stereocenters. The zero-order valence-corrected chi connectivity index (χ0v) is 19.4. The van der Waals surface area contributed by atoms with Crippen molar-refractivity contribution < 1.29 is 4.79 Å². The van der Waals surface area contributed by atoms with Gasteiger partial charge in [-0.2, -0.15) is 11.8 Å². The lowest BCUT2D eigenvalue weighted by Gasteiger charge is -2.24. The zero-order chi connectivity index (χ0) is 18.4. The van der Waals surface area contributed by atoms with Crippen molar-refractivity contribution in [3.63, 3.8) is 0 Å². The van der Waals surface area contributed by atoms with Crippen LogP contribution >= 0.6 is 35.7 Å². The Morgan fingerprint density at radius 2 is 2.04 bits per heavy atom. The SMILES string of the molecule is CCNC(=NCc1ccc(N2CCCC2=O)cc1)NCC1(C)CCCS1.I. The molecular weight excluding hydrogens is 471 g/mol. The standard InChI is InChI=1S/C20H30N4OS.HI/c1-3-21-19(23-15-20(2)11-5-13-26-20)22-14-16-7-9-17(10-8-16)24-12-4-6-18(24)25;/h7-10H,3-6,11-15H2,1-2H3,(H2,21,22,23);1H. The Bertz CT molecular complexity index is 644. The largest absolute Gasteiger partial charge is 0.357 e. The normalized spacial score (nSPS) is 22.7. The molecule has 2 aliphatic rings. The van der Waals surface area contributed by atoms with E-state index in [2.05, 4.69) is 48.4 Å². The van der Waals surface area contributed by atoms with E-state index >= 15 is 0 Å².